The highest BCUT2D eigenvalue weighted by atomic mass is 16.5. The Labute approximate surface area is 323 Å². The van der Waals surface area contributed by atoms with Gasteiger partial charge in [0.15, 0.2) is 0 Å². The van der Waals surface area contributed by atoms with Crippen molar-refractivity contribution in [3.05, 3.63) is 0 Å². The summed E-state index contributed by atoms with van der Waals surface area (Å²) in [5.74, 6) is 0.664. The van der Waals surface area contributed by atoms with Gasteiger partial charge in [0.2, 0.25) is 0 Å². The molecule has 0 saturated heterocycles. The van der Waals surface area contributed by atoms with E-state index in [0.29, 0.717) is 18.8 Å². The van der Waals surface area contributed by atoms with Crippen molar-refractivity contribution in [3.63, 3.8) is 0 Å². The summed E-state index contributed by atoms with van der Waals surface area (Å²) in [5.41, 5.74) is 0. The molecule has 1 saturated carbocycles. The molecule has 1 aliphatic rings. The van der Waals surface area contributed by atoms with Crippen LogP contribution in [-0.4, -0.2) is 60.4 Å². The number of carbonyl (C=O) groups excluding carboxylic acids is 2. The first-order valence-corrected chi connectivity index (χ1v) is 23.3. The van der Waals surface area contributed by atoms with Crippen LogP contribution in [0.4, 0.5) is 0 Å². The molecule has 1 N–H and O–H groups in total. The summed E-state index contributed by atoms with van der Waals surface area (Å²) in [6, 6.07) is 0. The highest BCUT2D eigenvalue weighted by Crippen LogP contribution is 2.37. The lowest BCUT2D eigenvalue weighted by Gasteiger charge is -2.21. The van der Waals surface area contributed by atoms with Crippen LogP contribution in [0.3, 0.4) is 0 Å². The second-order valence-electron chi connectivity index (χ2n) is 16.4. The summed E-state index contributed by atoms with van der Waals surface area (Å²) >= 11 is 0. The Morgan fingerprint density at radius 2 is 0.885 bits per heavy atom. The van der Waals surface area contributed by atoms with E-state index >= 15 is 0 Å². The molecular formula is C46H89NO5. The first kappa shape index (κ1) is 48.9. The van der Waals surface area contributed by atoms with Gasteiger partial charge >= 0.3 is 11.9 Å². The number of ether oxygens (including phenoxy) is 2. The summed E-state index contributed by atoms with van der Waals surface area (Å²) in [6.45, 7) is 9.80. The number of unbranched alkanes of at least 4 members (excludes halogenated alkanes) is 22. The third-order valence-corrected chi connectivity index (χ3v) is 11.2. The summed E-state index contributed by atoms with van der Waals surface area (Å²) in [6.07, 6.45) is 39.7. The molecule has 0 aromatic heterocycles. The number of hydrogen-bond acceptors (Lipinski definition) is 6. The van der Waals surface area contributed by atoms with Gasteiger partial charge in [-0.25, -0.2) is 0 Å². The molecule has 52 heavy (non-hydrogen) atoms. The molecule has 6 nitrogen and oxygen atoms in total. The van der Waals surface area contributed by atoms with Crippen molar-refractivity contribution in [2.45, 2.75) is 251 Å². The van der Waals surface area contributed by atoms with E-state index in [1.165, 1.54) is 135 Å². The van der Waals surface area contributed by atoms with Gasteiger partial charge in [-0.1, -0.05) is 149 Å². The molecular weight excluding hydrogens is 647 g/mol. The van der Waals surface area contributed by atoms with E-state index in [-0.39, 0.29) is 30.8 Å². The lowest BCUT2D eigenvalue weighted by Crippen LogP contribution is -2.29. The molecule has 0 heterocycles. The Morgan fingerprint density at radius 1 is 0.500 bits per heavy atom. The van der Waals surface area contributed by atoms with Gasteiger partial charge in [-0.15, -0.1) is 0 Å². The number of aliphatic hydroxyl groups is 1. The quantitative estimate of drug-likeness (QED) is 0.0498. The van der Waals surface area contributed by atoms with Gasteiger partial charge in [0, 0.05) is 19.4 Å². The summed E-state index contributed by atoms with van der Waals surface area (Å²) in [7, 11) is 0. The molecule has 6 heteroatoms. The maximum atomic E-state index is 12.7. The third kappa shape index (κ3) is 31.2. The normalized spacial score (nSPS) is 13.7. The standard InChI is InChI=1S/C46H89NO5/c1-4-7-10-13-18-24-31-43(32-25-19-14-11-8-5-2)51-45(49)34-27-20-15-22-29-38-47(40-41-48)39-30-23-16-21-28-35-46(50)52-44(42-36-37-42)33-26-17-12-9-6-3/h42-44,48H,4-41H2,1-3H3. The molecule has 0 amide bonds. The van der Waals surface area contributed by atoms with Gasteiger partial charge in [-0.05, 0) is 96.1 Å². The molecule has 1 fully saturated rings. The SMILES string of the molecule is CCCCCCCCC(CCCCCCCC)OC(=O)CCCCCCCN(CCO)CCCCCCCC(=O)OC(CCCCCCC)C1CC1. The molecule has 0 aromatic rings. The lowest BCUT2D eigenvalue weighted by atomic mass is 10.0. The molecule has 0 aromatic carbocycles. The molecule has 0 spiro atoms. The zero-order chi connectivity index (χ0) is 37.7. The number of nitrogens with zero attached hydrogens (tertiary/aromatic N) is 1. The second-order valence-corrected chi connectivity index (χ2v) is 16.4. The third-order valence-electron chi connectivity index (χ3n) is 11.2. The van der Waals surface area contributed by atoms with E-state index in [4.69, 9.17) is 9.47 Å². The molecule has 0 aliphatic heterocycles. The van der Waals surface area contributed by atoms with E-state index < -0.39 is 0 Å². The van der Waals surface area contributed by atoms with Crippen molar-refractivity contribution >= 4 is 11.9 Å². The van der Waals surface area contributed by atoms with Crippen molar-refractivity contribution in [2.24, 2.45) is 5.92 Å². The van der Waals surface area contributed by atoms with Crippen LogP contribution in [0, 0.1) is 5.92 Å². The predicted molar refractivity (Wildman–Crippen MR) is 221 cm³/mol. The van der Waals surface area contributed by atoms with Crippen LogP contribution >= 0.6 is 0 Å². The average Bonchev–Trinajstić information content (AvgIpc) is 3.98. The highest BCUT2D eigenvalue weighted by Gasteiger charge is 2.33. The van der Waals surface area contributed by atoms with Crippen molar-refractivity contribution in [1.82, 2.24) is 4.90 Å². The van der Waals surface area contributed by atoms with Crippen molar-refractivity contribution in [2.75, 3.05) is 26.2 Å². The van der Waals surface area contributed by atoms with Crippen molar-refractivity contribution < 1.29 is 24.2 Å². The molecule has 1 rings (SSSR count). The van der Waals surface area contributed by atoms with Gasteiger partial charge in [0.25, 0.3) is 0 Å². The maximum absolute atomic E-state index is 12.7. The number of rotatable bonds is 41. The summed E-state index contributed by atoms with van der Waals surface area (Å²) in [4.78, 5) is 27.6. The van der Waals surface area contributed by atoms with Crippen LogP contribution in [0.2, 0.25) is 0 Å². The van der Waals surface area contributed by atoms with Crippen LogP contribution in [0.1, 0.15) is 239 Å². The van der Waals surface area contributed by atoms with Gasteiger partial charge in [-0.2, -0.15) is 0 Å². The number of aliphatic hydroxyl groups excluding tert-OH is 1. The lowest BCUT2D eigenvalue weighted by molar-refractivity contribution is -0.151. The van der Waals surface area contributed by atoms with E-state index in [1.54, 1.807) is 0 Å². The van der Waals surface area contributed by atoms with E-state index in [1.807, 2.05) is 0 Å². The van der Waals surface area contributed by atoms with E-state index in [9.17, 15) is 14.7 Å². The van der Waals surface area contributed by atoms with Crippen molar-refractivity contribution in [3.8, 4) is 0 Å². The molecule has 0 bridgehead atoms. The maximum Gasteiger partial charge on any atom is 0.306 e. The monoisotopic (exact) mass is 736 g/mol. The Balaban J connectivity index is 2.12. The zero-order valence-corrected chi connectivity index (χ0v) is 35.1. The molecule has 308 valence electrons. The average molecular weight is 736 g/mol. The minimum atomic E-state index is 0.0155. The fourth-order valence-corrected chi connectivity index (χ4v) is 7.59. The first-order valence-electron chi connectivity index (χ1n) is 23.3. The van der Waals surface area contributed by atoms with Gasteiger partial charge < -0.3 is 19.5 Å². The minimum absolute atomic E-state index is 0.0155. The summed E-state index contributed by atoms with van der Waals surface area (Å²) < 4.78 is 11.9. The van der Waals surface area contributed by atoms with Gasteiger partial charge in [-0.3, -0.25) is 9.59 Å². The highest BCUT2D eigenvalue weighted by molar-refractivity contribution is 5.69. The minimum Gasteiger partial charge on any atom is -0.462 e. The van der Waals surface area contributed by atoms with Gasteiger partial charge in [0.05, 0.1) is 6.61 Å². The fourth-order valence-electron chi connectivity index (χ4n) is 7.59. The molecule has 1 atom stereocenters. The molecule has 1 unspecified atom stereocenters. The summed E-state index contributed by atoms with van der Waals surface area (Å²) in [5, 5.41) is 9.58. The molecule has 0 radical (unpaired) electrons. The van der Waals surface area contributed by atoms with Crippen LogP contribution in [0.5, 0.6) is 0 Å². The number of carbonyl (C=O) groups is 2. The molecule has 1 aliphatic carbocycles. The Kier molecular flexibility index (Phi) is 34.6. The number of hydrogen-bond donors (Lipinski definition) is 1. The largest absolute Gasteiger partial charge is 0.462 e. The predicted octanol–water partition coefficient (Wildman–Crippen LogP) is 13.1. The first-order chi connectivity index (χ1) is 25.5. The van der Waals surface area contributed by atoms with Crippen LogP contribution < -0.4 is 0 Å². The Morgan fingerprint density at radius 3 is 1.33 bits per heavy atom. The van der Waals surface area contributed by atoms with Crippen LogP contribution in [-0.2, 0) is 19.1 Å². The van der Waals surface area contributed by atoms with Gasteiger partial charge in [0.1, 0.15) is 12.2 Å². The van der Waals surface area contributed by atoms with E-state index in [2.05, 4.69) is 25.7 Å². The number of esters is 2. The fraction of sp³-hybridized carbons (Fsp3) is 0.957. The smallest absolute Gasteiger partial charge is 0.306 e. The van der Waals surface area contributed by atoms with Crippen LogP contribution in [0.15, 0.2) is 0 Å². The topological polar surface area (TPSA) is 76.1 Å². The second kappa shape index (κ2) is 36.8. The van der Waals surface area contributed by atoms with Crippen molar-refractivity contribution in [1.29, 1.82) is 0 Å². The van der Waals surface area contributed by atoms with E-state index in [0.717, 1.165) is 90.3 Å². The Hall–Kier alpha value is -1.14. The van der Waals surface area contributed by atoms with Crippen LogP contribution in [0.25, 0.3) is 0 Å². The zero-order valence-electron chi connectivity index (χ0n) is 35.1. The Bertz CT molecular complexity index is 771.